The molecule has 0 bridgehead atoms. The highest BCUT2D eigenvalue weighted by atomic mass is 16.7. The zero-order valence-corrected chi connectivity index (χ0v) is 12.3. The molecule has 0 spiro atoms. The van der Waals surface area contributed by atoms with E-state index in [1.807, 2.05) is 33.8 Å². The van der Waals surface area contributed by atoms with Gasteiger partial charge in [-0.15, -0.1) is 0 Å². The fourth-order valence-corrected chi connectivity index (χ4v) is 2.18. The topological polar surface area (TPSA) is 58.2 Å². The third kappa shape index (κ3) is 2.07. The predicted molar refractivity (Wildman–Crippen MR) is 76.9 cm³/mol. The molecule has 0 N–H and O–H groups in total. The van der Waals surface area contributed by atoms with Gasteiger partial charge in [-0.25, -0.2) is 4.98 Å². The van der Waals surface area contributed by atoms with Crippen LogP contribution in [-0.4, -0.2) is 36.4 Å². The van der Waals surface area contributed by atoms with Gasteiger partial charge in [-0.3, -0.25) is 0 Å². The maximum atomic E-state index is 9.27. The van der Waals surface area contributed by atoms with Crippen LogP contribution in [0.25, 0.3) is 0 Å². The highest BCUT2D eigenvalue weighted by Gasteiger charge is 2.52. The summed E-state index contributed by atoms with van der Waals surface area (Å²) >= 11 is 0. The van der Waals surface area contributed by atoms with Crippen LogP contribution in [0.1, 0.15) is 33.3 Å². The third-order valence-electron chi connectivity index (χ3n) is 4.28. The zero-order chi connectivity index (χ0) is 14.5. The van der Waals surface area contributed by atoms with E-state index in [-0.39, 0.29) is 11.2 Å². The van der Waals surface area contributed by atoms with Crippen molar-refractivity contribution in [2.24, 2.45) is 0 Å². The van der Waals surface area contributed by atoms with Gasteiger partial charge in [-0.2, -0.15) is 5.26 Å². The second-order valence-corrected chi connectivity index (χ2v) is 6.33. The van der Waals surface area contributed by atoms with Crippen LogP contribution in [0.4, 0.5) is 5.82 Å². The summed E-state index contributed by atoms with van der Waals surface area (Å²) in [6.07, 6.45) is 1.75. The second-order valence-electron chi connectivity index (χ2n) is 6.33. The minimum atomic E-state index is -0.470. The molecule has 2 aliphatic rings. The zero-order valence-electron chi connectivity index (χ0n) is 12.3. The van der Waals surface area contributed by atoms with Crippen LogP contribution in [-0.2, 0) is 9.31 Å². The first-order valence-corrected chi connectivity index (χ1v) is 6.85. The van der Waals surface area contributed by atoms with Crippen molar-refractivity contribution in [1.82, 2.24) is 4.98 Å². The van der Waals surface area contributed by atoms with Gasteiger partial charge in [-0.05, 0) is 33.8 Å². The average Bonchev–Trinajstić information content (AvgIpc) is 3.17. The van der Waals surface area contributed by atoms with Crippen LogP contribution >= 0.6 is 0 Å². The lowest BCUT2D eigenvalue weighted by atomic mass is 9.79. The summed E-state index contributed by atoms with van der Waals surface area (Å²) in [7, 11) is -0.470. The van der Waals surface area contributed by atoms with Crippen molar-refractivity contribution >= 4 is 18.4 Å². The Hall–Kier alpha value is -1.58. The van der Waals surface area contributed by atoms with Gasteiger partial charge in [0.05, 0.1) is 16.8 Å². The van der Waals surface area contributed by atoms with Crippen molar-refractivity contribution in [1.29, 1.82) is 5.26 Å². The molecule has 6 heteroatoms. The first-order chi connectivity index (χ1) is 9.34. The molecule has 0 amide bonds. The van der Waals surface area contributed by atoms with Crippen LogP contribution in [0.5, 0.6) is 0 Å². The van der Waals surface area contributed by atoms with Crippen molar-refractivity contribution in [2.45, 2.75) is 38.9 Å². The largest absolute Gasteiger partial charge is 0.496 e. The van der Waals surface area contributed by atoms with Crippen LogP contribution in [0.3, 0.4) is 0 Å². The van der Waals surface area contributed by atoms with Gasteiger partial charge in [0.15, 0.2) is 0 Å². The summed E-state index contributed by atoms with van der Waals surface area (Å²) in [4.78, 5) is 6.46. The summed E-state index contributed by atoms with van der Waals surface area (Å²) in [5.74, 6) is 0.757. The molecule has 0 aromatic carbocycles. The number of anilines is 1. The van der Waals surface area contributed by atoms with Crippen molar-refractivity contribution in [3.05, 3.63) is 17.8 Å². The summed E-state index contributed by atoms with van der Waals surface area (Å²) < 4.78 is 12.0. The van der Waals surface area contributed by atoms with Gasteiger partial charge in [0.25, 0.3) is 0 Å². The fraction of sp³-hybridized carbons (Fsp3) is 0.571. The Labute approximate surface area is 119 Å². The quantitative estimate of drug-likeness (QED) is 0.595. The first-order valence-electron chi connectivity index (χ1n) is 6.85. The minimum Gasteiger partial charge on any atom is -0.399 e. The van der Waals surface area contributed by atoms with Gasteiger partial charge in [-0.1, -0.05) is 0 Å². The molecule has 2 fully saturated rings. The van der Waals surface area contributed by atoms with E-state index >= 15 is 0 Å². The Morgan fingerprint density at radius 3 is 2.35 bits per heavy atom. The molecule has 5 nitrogen and oxygen atoms in total. The van der Waals surface area contributed by atoms with E-state index in [1.54, 1.807) is 6.20 Å². The number of pyridine rings is 1. The molecule has 0 atom stereocenters. The molecule has 104 valence electrons. The number of nitrogens with zero attached hydrogens (tertiary/aromatic N) is 3. The van der Waals surface area contributed by atoms with E-state index in [1.165, 1.54) is 0 Å². The smallest absolute Gasteiger partial charge is 0.399 e. The van der Waals surface area contributed by atoms with Crippen molar-refractivity contribution in [3.8, 4) is 6.07 Å². The highest BCUT2D eigenvalue weighted by molar-refractivity contribution is 6.62. The predicted octanol–water partition coefficient (Wildman–Crippen LogP) is 1.07. The maximum absolute atomic E-state index is 9.27. The van der Waals surface area contributed by atoms with Crippen molar-refractivity contribution in [2.75, 3.05) is 18.0 Å². The molecule has 20 heavy (non-hydrogen) atoms. The molecule has 1 aromatic rings. The van der Waals surface area contributed by atoms with E-state index in [9.17, 15) is 5.26 Å². The number of hydrogen-bond donors (Lipinski definition) is 0. The van der Waals surface area contributed by atoms with Crippen LogP contribution in [0, 0.1) is 11.3 Å². The van der Waals surface area contributed by atoms with E-state index in [2.05, 4.69) is 16.0 Å². The van der Waals surface area contributed by atoms with Gasteiger partial charge in [0.1, 0.15) is 11.9 Å². The summed E-state index contributed by atoms with van der Waals surface area (Å²) in [6.45, 7) is 9.98. The molecule has 0 aliphatic carbocycles. The monoisotopic (exact) mass is 271 g/mol. The van der Waals surface area contributed by atoms with Gasteiger partial charge in [0.2, 0.25) is 0 Å². The number of hydrogen-bond acceptors (Lipinski definition) is 5. The van der Waals surface area contributed by atoms with E-state index in [0.29, 0.717) is 5.56 Å². The van der Waals surface area contributed by atoms with Gasteiger partial charge >= 0.3 is 7.12 Å². The lowest BCUT2D eigenvalue weighted by Gasteiger charge is -2.32. The third-order valence-corrected chi connectivity index (χ3v) is 4.28. The molecule has 3 rings (SSSR count). The number of nitriles is 1. The average molecular weight is 271 g/mol. The Balaban J connectivity index is 1.91. The summed E-state index contributed by atoms with van der Waals surface area (Å²) in [5.41, 5.74) is 0.604. The lowest BCUT2D eigenvalue weighted by Crippen LogP contribution is -2.41. The first kappa shape index (κ1) is 13.4. The number of rotatable bonds is 2. The van der Waals surface area contributed by atoms with Crippen LogP contribution < -0.4 is 10.4 Å². The summed E-state index contributed by atoms with van der Waals surface area (Å²) in [6, 6.07) is 4.03. The van der Waals surface area contributed by atoms with Crippen molar-refractivity contribution < 1.29 is 9.31 Å². The molecule has 1 aromatic heterocycles. The van der Waals surface area contributed by atoms with Crippen molar-refractivity contribution in [3.63, 3.8) is 0 Å². The van der Waals surface area contributed by atoms with E-state index in [4.69, 9.17) is 9.31 Å². The molecule has 3 heterocycles. The standard InChI is InChI=1S/C14H18BN3O2/c1-13(2)14(3,4)20-15(19-13)11-7-10(8-16)12(17-9-11)18-5-6-18/h7,9H,5-6H2,1-4H3. The molecule has 0 unspecified atom stereocenters. The van der Waals surface area contributed by atoms with E-state index < -0.39 is 7.12 Å². The molecule has 2 aliphatic heterocycles. The fourth-order valence-electron chi connectivity index (χ4n) is 2.18. The Kier molecular flexibility index (Phi) is 2.82. The maximum Gasteiger partial charge on any atom is 0.496 e. The Morgan fingerprint density at radius 2 is 1.85 bits per heavy atom. The van der Waals surface area contributed by atoms with Crippen LogP contribution in [0.15, 0.2) is 12.3 Å². The molecule has 0 saturated carbocycles. The molecular formula is C14H18BN3O2. The lowest BCUT2D eigenvalue weighted by molar-refractivity contribution is 0.00578. The number of aromatic nitrogens is 1. The minimum absolute atomic E-state index is 0.386. The summed E-state index contributed by atoms with van der Waals surface area (Å²) in [5, 5.41) is 9.27. The van der Waals surface area contributed by atoms with E-state index in [0.717, 1.165) is 24.4 Å². The normalized spacial score (nSPS) is 22.8. The van der Waals surface area contributed by atoms with Crippen LogP contribution in [0.2, 0.25) is 0 Å². The Bertz CT molecular complexity index is 575. The van der Waals surface area contributed by atoms with Gasteiger partial charge < -0.3 is 14.2 Å². The molecule has 2 saturated heterocycles. The second kappa shape index (κ2) is 4.21. The SMILES string of the molecule is CC1(C)OB(c2cnc(N3CC3)c(C#N)c2)OC1(C)C. The highest BCUT2D eigenvalue weighted by Crippen LogP contribution is 2.36. The van der Waals surface area contributed by atoms with Gasteiger partial charge in [0, 0.05) is 24.7 Å². The Morgan fingerprint density at radius 1 is 1.25 bits per heavy atom. The molecule has 0 radical (unpaired) electrons. The molecular weight excluding hydrogens is 253 g/mol.